The fourth-order valence-electron chi connectivity index (χ4n) is 2.32. The quantitative estimate of drug-likeness (QED) is 0.264. The number of nitrogens with one attached hydrogen (secondary N) is 1. The third kappa shape index (κ3) is 16.3. The predicted octanol–water partition coefficient (Wildman–Crippen LogP) is -4.26. The Morgan fingerprint density at radius 1 is 0.815 bits per heavy atom. The minimum atomic E-state index is -3.69. The van der Waals surface area contributed by atoms with Gasteiger partial charge in [-0.05, 0) is 31.2 Å². The van der Waals surface area contributed by atoms with E-state index >= 15 is 0 Å². The number of rotatable bonds is 4. The summed E-state index contributed by atoms with van der Waals surface area (Å²) in [4.78, 5) is 0. The SMILES string of the molecule is NCC1CCS(=O)(=O)C1.NS(=O)(=O)NCC1CCS(=O)(=O)C1.NS(N)(=O)=O. The summed E-state index contributed by atoms with van der Waals surface area (Å²) in [6, 6.07) is 0. The molecule has 0 aliphatic carbocycles. The minimum absolute atomic E-state index is 0.0511. The summed E-state index contributed by atoms with van der Waals surface area (Å²) >= 11 is 0. The Hall–Kier alpha value is -0.400. The molecule has 2 rings (SSSR count). The van der Waals surface area contributed by atoms with Gasteiger partial charge in [0.25, 0.3) is 20.4 Å². The number of sulfone groups is 2. The van der Waals surface area contributed by atoms with Crippen molar-refractivity contribution in [2.75, 3.05) is 36.1 Å². The van der Waals surface area contributed by atoms with Gasteiger partial charge in [0.1, 0.15) is 0 Å². The third-order valence-corrected chi connectivity index (χ3v) is 7.80. The molecule has 2 atom stereocenters. The number of hydrogen-bond donors (Lipinski definition) is 5. The third-order valence-electron chi connectivity index (χ3n) is 3.56. The lowest BCUT2D eigenvalue weighted by atomic mass is 10.1. The van der Waals surface area contributed by atoms with Gasteiger partial charge in [0.2, 0.25) is 0 Å². The maximum Gasteiger partial charge on any atom is 0.274 e. The van der Waals surface area contributed by atoms with E-state index in [0.29, 0.717) is 24.5 Å². The Labute approximate surface area is 160 Å². The van der Waals surface area contributed by atoms with Gasteiger partial charge in [-0.15, -0.1) is 0 Å². The van der Waals surface area contributed by atoms with E-state index in [1.54, 1.807) is 0 Å². The van der Waals surface area contributed by atoms with Crippen molar-refractivity contribution in [3.8, 4) is 0 Å². The number of nitrogens with two attached hydrogens (primary N) is 4. The van der Waals surface area contributed by atoms with Gasteiger partial charge in [-0.25, -0.2) is 37.0 Å². The molecule has 0 amide bonds. The topological polar surface area (TPSA) is 253 Å². The fourth-order valence-corrected chi connectivity index (χ4v) is 6.53. The highest BCUT2D eigenvalue weighted by Crippen LogP contribution is 2.17. The molecule has 164 valence electrons. The molecule has 0 spiro atoms. The lowest BCUT2D eigenvalue weighted by Crippen LogP contribution is -2.35. The normalized spacial score (nSPS) is 26.4. The van der Waals surface area contributed by atoms with Crippen LogP contribution in [0.25, 0.3) is 0 Å². The molecule has 0 saturated carbocycles. The zero-order valence-electron chi connectivity index (χ0n) is 14.5. The van der Waals surface area contributed by atoms with Crippen LogP contribution in [0.1, 0.15) is 12.8 Å². The Morgan fingerprint density at radius 2 is 1.19 bits per heavy atom. The van der Waals surface area contributed by atoms with Crippen LogP contribution in [0.4, 0.5) is 0 Å². The summed E-state index contributed by atoms with van der Waals surface area (Å²) in [6.07, 6.45) is 1.27. The molecule has 2 aliphatic rings. The van der Waals surface area contributed by atoms with Crippen LogP contribution in [-0.4, -0.2) is 69.8 Å². The van der Waals surface area contributed by atoms with Crippen LogP contribution in [0.15, 0.2) is 0 Å². The van der Waals surface area contributed by atoms with Crippen molar-refractivity contribution in [1.82, 2.24) is 4.72 Å². The monoisotopic (exact) mass is 473 g/mol. The molecule has 0 aromatic heterocycles. The molecule has 2 aliphatic heterocycles. The molecular weight excluding hydrogens is 446 g/mol. The van der Waals surface area contributed by atoms with Crippen molar-refractivity contribution in [2.45, 2.75) is 12.8 Å². The molecule has 0 radical (unpaired) electrons. The predicted molar refractivity (Wildman–Crippen MR) is 101 cm³/mol. The van der Waals surface area contributed by atoms with Gasteiger partial charge in [0, 0.05) is 6.54 Å². The number of hydrogen-bond acceptors (Lipinski definition) is 9. The molecule has 0 aromatic carbocycles. The molecule has 9 N–H and O–H groups in total. The van der Waals surface area contributed by atoms with E-state index in [4.69, 9.17) is 10.9 Å². The highest BCUT2D eigenvalue weighted by atomic mass is 32.2. The zero-order chi connectivity index (χ0) is 21.5. The molecule has 2 saturated heterocycles. The first-order chi connectivity index (χ1) is 11.9. The van der Waals surface area contributed by atoms with Gasteiger partial charge in [-0.3, -0.25) is 0 Å². The molecular formula is C10H27N5O8S4. The standard InChI is InChI=1S/C5H12N2O4S2.C5H11NO2S.H4N2O2S/c6-13(10,11)7-3-5-1-2-12(8,9)4-5;6-3-5-1-2-9(7,8)4-5;1-5(2,3)4/h5,7H,1-4H2,(H2,6,10,11);5H,1-4,6H2;(H4,1,2,3,4). The molecule has 17 heteroatoms. The largest absolute Gasteiger partial charge is 0.330 e. The first kappa shape index (κ1) is 26.6. The van der Waals surface area contributed by atoms with Crippen molar-refractivity contribution >= 4 is 40.1 Å². The van der Waals surface area contributed by atoms with E-state index in [-0.39, 0.29) is 29.9 Å². The second-order valence-electron chi connectivity index (χ2n) is 6.26. The molecule has 0 bridgehead atoms. The van der Waals surface area contributed by atoms with Crippen LogP contribution in [0.3, 0.4) is 0 Å². The Balaban J connectivity index is 0.000000419. The average molecular weight is 474 g/mol. The van der Waals surface area contributed by atoms with Crippen LogP contribution in [0.2, 0.25) is 0 Å². The van der Waals surface area contributed by atoms with Crippen LogP contribution < -0.4 is 25.9 Å². The molecule has 13 nitrogen and oxygen atoms in total. The fraction of sp³-hybridized carbons (Fsp3) is 1.00. The Bertz CT molecular complexity index is 874. The van der Waals surface area contributed by atoms with Crippen molar-refractivity contribution in [1.29, 1.82) is 0 Å². The van der Waals surface area contributed by atoms with Crippen molar-refractivity contribution in [2.24, 2.45) is 33.0 Å². The van der Waals surface area contributed by atoms with Crippen molar-refractivity contribution in [3.63, 3.8) is 0 Å². The Morgan fingerprint density at radius 3 is 1.41 bits per heavy atom. The summed E-state index contributed by atoms with van der Waals surface area (Å²) in [6.45, 7) is 0.622. The Kier molecular flexibility index (Phi) is 10.2. The van der Waals surface area contributed by atoms with Gasteiger partial charge >= 0.3 is 0 Å². The molecule has 2 fully saturated rings. The summed E-state index contributed by atoms with van der Waals surface area (Å²) in [5.41, 5.74) is 5.29. The first-order valence-corrected chi connectivity index (χ1v) is 14.4. The van der Waals surface area contributed by atoms with Gasteiger partial charge in [-0.1, -0.05) is 0 Å². The molecule has 27 heavy (non-hydrogen) atoms. The molecule has 2 unspecified atom stereocenters. The van der Waals surface area contributed by atoms with Crippen LogP contribution in [0.5, 0.6) is 0 Å². The van der Waals surface area contributed by atoms with Gasteiger partial charge in [0.05, 0.1) is 23.0 Å². The lowest BCUT2D eigenvalue weighted by Gasteiger charge is -2.06. The highest BCUT2D eigenvalue weighted by Gasteiger charge is 2.28. The molecule has 0 aromatic rings. The van der Waals surface area contributed by atoms with Gasteiger partial charge in [0.15, 0.2) is 19.7 Å². The lowest BCUT2D eigenvalue weighted by molar-refractivity contribution is 0.544. The van der Waals surface area contributed by atoms with E-state index in [9.17, 15) is 33.7 Å². The molecule has 2 heterocycles. The highest BCUT2D eigenvalue weighted by molar-refractivity contribution is 7.91. The van der Waals surface area contributed by atoms with E-state index < -0.39 is 40.1 Å². The van der Waals surface area contributed by atoms with Crippen LogP contribution >= 0.6 is 0 Å². The minimum Gasteiger partial charge on any atom is -0.330 e. The van der Waals surface area contributed by atoms with Gasteiger partial charge < -0.3 is 5.73 Å². The van der Waals surface area contributed by atoms with Crippen molar-refractivity contribution in [3.05, 3.63) is 0 Å². The summed E-state index contributed by atoms with van der Waals surface area (Å²) in [7, 11) is -13.0. The zero-order valence-corrected chi connectivity index (χ0v) is 17.8. The van der Waals surface area contributed by atoms with E-state index in [1.807, 2.05) is 0 Å². The van der Waals surface area contributed by atoms with E-state index in [0.717, 1.165) is 6.42 Å². The van der Waals surface area contributed by atoms with Crippen molar-refractivity contribution < 1.29 is 33.7 Å². The summed E-state index contributed by atoms with van der Waals surface area (Å²) in [5.74, 6) is 0.941. The second-order valence-corrected chi connectivity index (χ2v) is 13.3. The average Bonchev–Trinajstić information content (AvgIpc) is 2.96. The van der Waals surface area contributed by atoms with Gasteiger partial charge in [-0.2, -0.15) is 16.8 Å². The maximum absolute atomic E-state index is 11.0. The smallest absolute Gasteiger partial charge is 0.274 e. The summed E-state index contributed by atoms with van der Waals surface area (Å²) < 4.78 is 84.8. The maximum atomic E-state index is 11.0. The summed E-state index contributed by atoms with van der Waals surface area (Å²) in [5, 5.41) is 12.9. The second kappa shape index (κ2) is 10.4. The van der Waals surface area contributed by atoms with E-state index in [2.05, 4.69) is 15.0 Å². The van der Waals surface area contributed by atoms with Crippen LogP contribution in [0, 0.1) is 11.8 Å². The van der Waals surface area contributed by atoms with E-state index in [1.165, 1.54) is 0 Å². The van der Waals surface area contributed by atoms with Crippen LogP contribution in [-0.2, 0) is 40.1 Å². The first-order valence-electron chi connectivity index (χ1n) is 7.61.